The fraction of sp³-hybridized carbons (Fsp3) is 0.312. The number of aromatic nitrogens is 3. The van der Waals surface area contributed by atoms with E-state index >= 15 is 0 Å². The summed E-state index contributed by atoms with van der Waals surface area (Å²) in [7, 11) is 1.59. The maximum Gasteiger partial charge on any atom is 0.261 e. The molecular formula is C16H16N4O2S. The molecule has 0 amide bonds. The highest BCUT2D eigenvalue weighted by atomic mass is 32.1. The van der Waals surface area contributed by atoms with E-state index in [9.17, 15) is 4.79 Å². The fourth-order valence-corrected chi connectivity index (χ4v) is 4.23. The third-order valence-electron chi connectivity index (χ3n) is 4.08. The molecule has 0 saturated carbocycles. The summed E-state index contributed by atoms with van der Waals surface area (Å²) in [6, 6.07) is 3.78. The second-order valence-corrected chi connectivity index (χ2v) is 6.47. The largest absolute Gasteiger partial charge is 0.481 e. The number of hydrogen-bond donors (Lipinski definition) is 1. The molecule has 4 rings (SSSR count). The summed E-state index contributed by atoms with van der Waals surface area (Å²) >= 11 is 1.61. The summed E-state index contributed by atoms with van der Waals surface area (Å²) in [6.45, 7) is 1.98. The molecule has 0 aliphatic carbocycles. The van der Waals surface area contributed by atoms with E-state index in [4.69, 9.17) is 4.74 Å². The zero-order valence-corrected chi connectivity index (χ0v) is 13.5. The number of nitrogens with one attached hydrogen (secondary N) is 1. The van der Waals surface area contributed by atoms with Crippen molar-refractivity contribution in [3.05, 3.63) is 35.0 Å². The van der Waals surface area contributed by atoms with Gasteiger partial charge in [0.2, 0.25) is 5.88 Å². The highest BCUT2D eigenvalue weighted by molar-refractivity contribution is 7.21. The summed E-state index contributed by atoms with van der Waals surface area (Å²) < 4.78 is 5.11. The van der Waals surface area contributed by atoms with Crippen molar-refractivity contribution >= 4 is 27.2 Å². The van der Waals surface area contributed by atoms with Crippen LogP contribution in [0, 0.1) is 0 Å². The first-order valence-electron chi connectivity index (χ1n) is 7.53. The molecule has 1 fully saturated rings. The van der Waals surface area contributed by atoms with Crippen LogP contribution in [-0.2, 0) is 0 Å². The Morgan fingerprint density at radius 3 is 2.78 bits per heavy atom. The third-order valence-corrected chi connectivity index (χ3v) is 5.37. The lowest BCUT2D eigenvalue weighted by Crippen LogP contribution is -2.18. The maximum absolute atomic E-state index is 12.4. The van der Waals surface area contributed by atoms with Crippen LogP contribution in [0.5, 0.6) is 5.88 Å². The third kappa shape index (κ3) is 2.37. The van der Waals surface area contributed by atoms with Crippen molar-refractivity contribution in [1.29, 1.82) is 0 Å². The van der Waals surface area contributed by atoms with Gasteiger partial charge >= 0.3 is 0 Å². The van der Waals surface area contributed by atoms with E-state index < -0.39 is 0 Å². The van der Waals surface area contributed by atoms with E-state index in [0.29, 0.717) is 11.3 Å². The molecule has 1 aliphatic rings. The van der Waals surface area contributed by atoms with Gasteiger partial charge in [0, 0.05) is 30.9 Å². The van der Waals surface area contributed by atoms with E-state index in [0.717, 1.165) is 46.9 Å². The lowest BCUT2D eigenvalue weighted by Gasteiger charge is -2.14. The summed E-state index contributed by atoms with van der Waals surface area (Å²) in [4.78, 5) is 27.0. The Labute approximate surface area is 136 Å². The number of hydrogen-bond acceptors (Lipinski definition) is 6. The van der Waals surface area contributed by atoms with Crippen LogP contribution in [0.15, 0.2) is 29.5 Å². The Morgan fingerprint density at radius 1 is 1.26 bits per heavy atom. The standard InChI is InChI=1S/C16H16N4O2S/c1-22-11-5-4-10(8-17-11)14-13-12(15(21)19-9-18-13)16(23-14)20-6-2-3-7-20/h4-5,8-9H,2-3,6-7H2,1H3,(H,18,19,21). The molecule has 0 radical (unpaired) electrons. The zero-order valence-electron chi connectivity index (χ0n) is 12.7. The number of anilines is 1. The Morgan fingerprint density at radius 2 is 2.09 bits per heavy atom. The number of fused-ring (bicyclic) bond motifs is 1. The van der Waals surface area contributed by atoms with Crippen molar-refractivity contribution in [3.8, 4) is 16.3 Å². The van der Waals surface area contributed by atoms with Crippen molar-refractivity contribution in [3.63, 3.8) is 0 Å². The van der Waals surface area contributed by atoms with Gasteiger partial charge in [0.15, 0.2) is 0 Å². The summed E-state index contributed by atoms with van der Waals surface area (Å²) in [5, 5.41) is 1.70. The van der Waals surface area contributed by atoms with Crippen LogP contribution >= 0.6 is 11.3 Å². The minimum atomic E-state index is -0.0825. The molecule has 6 nitrogen and oxygen atoms in total. The molecule has 1 N–H and O–H groups in total. The van der Waals surface area contributed by atoms with Gasteiger partial charge in [-0.2, -0.15) is 0 Å². The Balaban J connectivity index is 1.92. The molecule has 0 unspecified atom stereocenters. The zero-order chi connectivity index (χ0) is 15.8. The highest BCUT2D eigenvalue weighted by Crippen LogP contribution is 2.42. The second kappa shape index (κ2) is 5.66. The average Bonchev–Trinajstić information content (AvgIpc) is 3.23. The molecule has 0 spiro atoms. The van der Waals surface area contributed by atoms with Gasteiger partial charge in [-0.15, -0.1) is 11.3 Å². The molecule has 1 saturated heterocycles. The van der Waals surface area contributed by atoms with E-state index in [1.165, 1.54) is 6.33 Å². The van der Waals surface area contributed by atoms with Gasteiger partial charge in [0.25, 0.3) is 5.56 Å². The number of rotatable bonds is 3. The molecule has 0 bridgehead atoms. The molecule has 0 atom stereocenters. The first-order chi connectivity index (χ1) is 11.3. The van der Waals surface area contributed by atoms with Crippen molar-refractivity contribution < 1.29 is 4.74 Å². The Hall–Kier alpha value is -2.41. The minimum absolute atomic E-state index is 0.0825. The van der Waals surface area contributed by atoms with E-state index in [2.05, 4.69) is 19.9 Å². The van der Waals surface area contributed by atoms with Crippen LogP contribution in [0.25, 0.3) is 21.3 Å². The topological polar surface area (TPSA) is 71.1 Å². The molecule has 4 heterocycles. The van der Waals surface area contributed by atoms with Crippen molar-refractivity contribution in [2.24, 2.45) is 0 Å². The fourth-order valence-electron chi connectivity index (χ4n) is 2.94. The van der Waals surface area contributed by atoms with E-state index in [-0.39, 0.29) is 5.56 Å². The van der Waals surface area contributed by atoms with Gasteiger partial charge in [-0.05, 0) is 18.9 Å². The van der Waals surface area contributed by atoms with Crippen LogP contribution in [0.3, 0.4) is 0 Å². The summed E-state index contributed by atoms with van der Waals surface area (Å²) in [5.74, 6) is 0.570. The molecule has 7 heteroatoms. The lowest BCUT2D eigenvalue weighted by atomic mass is 10.2. The molecule has 1 aliphatic heterocycles. The molecule has 0 aromatic carbocycles. The molecular weight excluding hydrogens is 312 g/mol. The monoisotopic (exact) mass is 328 g/mol. The van der Waals surface area contributed by atoms with E-state index in [1.807, 2.05) is 12.1 Å². The van der Waals surface area contributed by atoms with Crippen LogP contribution in [-0.4, -0.2) is 35.2 Å². The van der Waals surface area contributed by atoms with Crippen molar-refractivity contribution in [2.75, 3.05) is 25.1 Å². The van der Waals surface area contributed by atoms with Gasteiger partial charge < -0.3 is 14.6 Å². The minimum Gasteiger partial charge on any atom is -0.481 e. The number of aromatic amines is 1. The number of ether oxygens (including phenoxy) is 1. The summed E-state index contributed by atoms with van der Waals surface area (Å²) in [6.07, 6.45) is 5.56. The van der Waals surface area contributed by atoms with Crippen molar-refractivity contribution in [1.82, 2.24) is 15.0 Å². The van der Waals surface area contributed by atoms with E-state index in [1.54, 1.807) is 24.6 Å². The smallest absolute Gasteiger partial charge is 0.261 e. The Bertz CT molecular complexity index is 895. The first-order valence-corrected chi connectivity index (χ1v) is 8.35. The highest BCUT2D eigenvalue weighted by Gasteiger charge is 2.23. The second-order valence-electron chi connectivity index (χ2n) is 5.47. The number of H-pyrrole nitrogens is 1. The van der Waals surface area contributed by atoms with Gasteiger partial charge in [-0.3, -0.25) is 4.79 Å². The number of methoxy groups -OCH3 is 1. The van der Waals surface area contributed by atoms with Gasteiger partial charge in [0.05, 0.1) is 23.8 Å². The molecule has 3 aromatic rings. The Kier molecular flexibility index (Phi) is 3.49. The lowest BCUT2D eigenvalue weighted by molar-refractivity contribution is 0.398. The van der Waals surface area contributed by atoms with Gasteiger partial charge in [-0.1, -0.05) is 0 Å². The molecule has 118 valence electrons. The van der Waals surface area contributed by atoms with Crippen LogP contribution in [0.2, 0.25) is 0 Å². The maximum atomic E-state index is 12.4. The SMILES string of the molecule is COc1ccc(-c2sc(N3CCCC3)c3c(=O)[nH]cnc23)cn1. The average molecular weight is 328 g/mol. The number of thiophene rings is 1. The normalized spacial score (nSPS) is 14.6. The predicted molar refractivity (Wildman–Crippen MR) is 91.5 cm³/mol. The number of pyridine rings is 1. The van der Waals surface area contributed by atoms with Gasteiger partial charge in [-0.25, -0.2) is 9.97 Å². The van der Waals surface area contributed by atoms with Crippen LogP contribution in [0.4, 0.5) is 5.00 Å². The summed E-state index contributed by atoms with van der Waals surface area (Å²) in [5.41, 5.74) is 1.61. The molecule has 3 aromatic heterocycles. The first kappa shape index (κ1) is 14.2. The quantitative estimate of drug-likeness (QED) is 0.800. The molecule has 23 heavy (non-hydrogen) atoms. The van der Waals surface area contributed by atoms with Gasteiger partial charge in [0.1, 0.15) is 10.4 Å². The predicted octanol–water partition coefficient (Wildman–Crippen LogP) is 2.66. The van der Waals surface area contributed by atoms with Crippen LogP contribution < -0.4 is 15.2 Å². The van der Waals surface area contributed by atoms with Crippen molar-refractivity contribution in [2.45, 2.75) is 12.8 Å². The number of nitrogens with zero attached hydrogens (tertiary/aromatic N) is 3. The van der Waals surface area contributed by atoms with Crippen LogP contribution in [0.1, 0.15) is 12.8 Å².